The van der Waals surface area contributed by atoms with Crippen LogP contribution in [-0.4, -0.2) is 38.5 Å². The molecule has 8 heteroatoms. The molecule has 0 bridgehead atoms. The lowest BCUT2D eigenvalue weighted by atomic mass is 10.2. The van der Waals surface area contributed by atoms with E-state index >= 15 is 0 Å². The first-order chi connectivity index (χ1) is 10.0. The number of nitrogens with one attached hydrogen (secondary N) is 1. The van der Waals surface area contributed by atoms with Gasteiger partial charge in [-0.25, -0.2) is 0 Å². The Kier molecular flexibility index (Phi) is 4.27. The van der Waals surface area contributed by atoms with Crippen LogP contribution in [0.5, 0.6) is 0 Å². The van der Waals surface area contributed by atoms with Crippen LogP contribution in [0.25, 0.3) is 10.9 Å². The number of benzene rings is 1. The molecule has 8 nitrogen and oxygen atoms in total. The van der Waals surface area contributed by atoms with Crippen molar-refractivity contribution in [3.63, 3.8) is 0 Å². The summed E-state index contributed by atoms with van der Waals surface area (Å²) in [5, 5.41) is 19.0. The van der Waals surface area contributed by atoms with Crippen LogP contribution in [0.1, 0.15) is 19.4 Å². The third-order valence-electron chi connectivity index (χ3n) is 2.98. The number of aromatic nitrogens is 3. The highest BCUT2D eigenvalue weighted by molar-refractivity contribution is 5.81. The Morgan fingerprint density at radius 2 is 2.10 bits per heavy atom. The van der Waals surface area contributed by atoms with Gasteiger partial charge in [0.25, 0.3) is 5.56 Å². The van der Waals surface area contributed by atoms with Gasteiger partial charge in [-0.05, 0) is 19.1 Å². The maximum Gasteiger partial charge on any atom is 0.305 e. The van der Waals surface area contributed by atoms with Gasteiger partial charge in [0.15, 0.2) is 0 Å². The Morgan fingerprint density at radius 3 is 2.81 bits per heavy atom. The van der Waals surface area contributed by atoms with Gasteiger partial charge in [0.05, 0.1) is 11.8 Å². The van der Waals surface area contributed by atoms with Crippen molar-refractivity contribution in [2.24, 2.45) is 0 Å². The molecule has 1 aromatic heterocycles. The number of carboxylic acid groups (broad SMARTS) is 1. The van der Waals surface area contributed by atoms with Crippen LogP contribution in [-0.2, 0) is 9.59 Å². The monoisotopic (exact) mass is 290 g/mol. The van der Waals surface area contributed by atoms with Gasteiger partial charge in [0.1, 0.15) is 11.6 Å². The number of amides is 1. The zero-order chi connectivity index (χ0) is 15.4. The lowest BCUT2D eigenvalue weighted by Gasteiger charge is -2.13. The van der Waals surface area contributed by atoms with Crippen molar-refractivity contribution in [2.75, 3.05) is 6.54 Å². The minimum atomic E-state index is -1.01. The predicted octanol–water partition coefficient (Wildman–Crippen LogP) is -0.0566. The number of fused-ring (bicyclic) bond motifs is 1. The van der Waals surface area contributed by atoms with E-state index in [-0.39, 0.29) is 13.0 Å². The molecule has 1 unspecified atom stereocenters. The summed E-state index contributed by atoms with van der Waals surface area (Å²) < 4.78 is 0.985. The number of rotatable bonds is 5. The quantitative estimate of drug-likeness (QED) is 0.797. The van der Waals surface area contributed by atoms with Crippen LogP contribution in [0.4, 0.5) is 0 Å². The van der Waals surface area contributed by atoms with E-state index in [9.17, 15) is 14.4 Å². The van der Waals surface area contributed by atoms with Crippen LogP contribution in [0.15, 0.2) is 29.1 Å². The molecule has 0 aliphatic heterocycles. The van der Waals surface area contributed by atoms with Crippen LogP contribution >= 0.6 is 0 Å². The number of carbonyl (C=O) groups is 2. The lowest BCUT2D eigenvalue weighted by molar-refractivity contribution is -0.137. The fourth-order valence-electron chi connectivity index (χ4n) is 1.81. The highest BCUT2D eigenvalue weighted by Crippen LogP contribution is 2.06. The van der Waals surface area contributed by atoms with E-state index in [1.165, 1.54) is 6.92 Å². The molecular weight excluding hydrogens is 276 g/mol. The van der Waals surface area contributed by atoms with Crippen molar-refractivity contribution >= 4 is 22.8 Å². The third-order valence-corrected chi connectivity index (χ3v) is 2.98. The SMILES string of the molecule is CC(C(=O)NCCC(=O)O)n1nnc2ccccc2c1=O. The van der Waals surface area contributed by atoms with E-state index in [4.69, 9.17) is 5.11 Å². The van der Waals surface area contributed by atoms with Crippen LogP contribution in [0.3, 0.4) is 0 Å². The fourth-order valence-corrected chi connectivity index (χ4v) is 1.81. The van der Waals surface area contributed by atoms with E-state index in [0.29, 0.717) is 10.9 Å². The van der Waals surface area contributed by atoms with Crippen molar-refractivity contribution in [3.05, 3.63) is 34.6 Å². The van der Waals surface area contributed by atoms with E-state index in [2.05, 4.69) is 15.6 Å². The molecule has 1 atom stereocenters. The molecule has 0 aliphatic carbocycles. The number of nitrogens with zero attached hydrogens (tertiary/aromatic N) is 3. The first-order valence-corrected chi connectivity index (χ1v) is 6.34. The van der Waals surface area contributed by atoms with Gasteiger partial charge in [-0.1, -0.05) is 17.3 Å². The normalized spacial score (nSPS) is 12.0. The number of aliphatic carboxylic acids is 1. The van der Waals surface area contributed by atoms with Gasteiger partial charge in [0.2, 0.25) is 5.91 Å². The van der Waals surface area contributed by atoms with Gasteiger partial charge < -0.3 is 10.4 Å². The molecule has 1 heterocycles. The maximum absolute atomic E-state index is 12.2. The molecule has 110 valence electrons. The van der Waals surface area contributed by atoms with Crippen molar-refractivity contribution in [2.45, 2.75) is 19.4 Å². The molecular formula is C13H14N4O4. The molecule has 0 fully saturated rings. The van der Waals surface area contributed by atoms with Gasteiger partial charge in [-0.15, -0.1) is 5.10 Å². The molecule has 1 amide bonds. The topological polar surface area (TPSA) is 114 Å². The molecule has 1 aromatic carbocycles. The van der Waals surface area contributed by atoms with E-state index in [1.54, 1.807) is 24.3 Å². The maximum atomic E-state index is 12.2. The summed E-state index contributed by atoms with van der Waals surface area (Å²) in [5.41, 5.74) is 0.0405. The molecule has 2 N–H and O–H groups in total. The molecule has 21 heavy (non-hydrogen) atoms. The van der Waals surface area contributed by atoms with Crippen LogP contribution in [0, 0.1) is 0 Å². The second-order valence-corrected chi connectivity index (χ2v) is 4.47. The van der Waals surface area contributed by atoms with Gasteiger partial charge in [-0.2, -0.15) is 4.68 Å². The van der Waals surface area contributed by atoms with Crippen molar-refractivity contribution in [3.8, 4) is 0 Å². The van der Waals surface area contributed by atoms with Crippen molar-refractivity contribution in [1.82, 2.24) is 20.3 Å². The Morgan fingerprint density at radius 1 is 1.38 bits per heavy atom. The Bertz CT molecular complexity index is 740. The van der Waals surface area contributed by atoms with E-state index < -0.39 is 23.5 Å². The van der Waals surface area contributed by atoms with E-state index in [1.807, 2.05) is 0 Å². The number of hydrogen-bond donors (Lipinski definition) is 2. The second-order valence-electron chi connectivity index (χ2n) is 4.47. The Balaban J connectivity index is 2.21. The molecule has 0 radical (unpaired) electrons. The molecule has 0 saturated heterocycles. The molecule has 0 spiro atoms. The average Bonchev–Trinajstić information content (AvgIpc) is 2.47. The van der Waals surface area contributed by atoms with Gasteiger partial charge in [0, 0.05) is 6.54 Å². The van der Waals surface area contributed by atoms with Crippen molar-refractivity contribution < 1.29 is 14.7 Å². The average molecular weight is 290 g/mol. The van der Waals surface area contributed by atoms with Gasteiger partial charge >= 0.3 is 5.97 Å². The van der Waals surface area contributed by atoms with E-state index in [0.717, 1.165) is 4.68 Å². The fraction of sp³-hybridized carbons (Fsp3) is 0.308. The zero-order valence-corrected chi connectivity index (χ0v) is 11.3. The summed E-state index contributed by atoms with van der Waals surface area (Å²) in [6.45, 7) is 1.50. The number of hydrogen-bond acceptors (Lipinski definition) is 5. The predicted molar refractivity (Wildman–Crippen MR) is 73.8 cm³/mol. The summed E-state index contributed by atoms with van der Waals surface area (Å²) in [7, 11) is 0. The smallest absolute Gasteiger partial charge is 0.305 e. The van der Waals surface area contributed by atoms with Crippen molar-refractivity contribution in [1.29, 1.82) is 0 Å². The minimum Gasteiger partial charge on any atom is -0.481 e. The molecule has 0 saturated carbocycles. The number of carboxylic acids is 1. The standard InChI is InChI=1S/C13H14N4O4/c1-8(12(20)14-7-6-11(18)19)17-13(21)9-4-2-3-5-10(9)15-16-17/h2-5,8H,6-7H2,1H3,(H,14,20)(H,18,19). The first-order valence-electron chi connectivity index (χ1n) is 6.34. The second kappa shape index (κ2) is 6.12. The summed E-state index contributed by atoms with van der Waals surface area (Å²) >= 11 is 0. The Labute approximate surface area is 119 Å². The molecule has 0 aliphatic rings. The summed E-state index contributed by atoms with van der Waals surface area (Å²) in [6.07, 6.45) is -0.184. The van der Waals surface area contributed by atoms with Crippen LogP contribution < -0.4 is 10.9 Å². The number of carbonyl (C=O) groups excluding carboxylic acids is 1. The zero-order valence-electron chi connectivity index (χ0n) is 11.3. The summed E-state index contributed by atoms with van der Waals surface area (Å²) in [4.78, 5) is 34.5. The minimum absolute atomic E-state index is 0.00569. The summed E-state index contributed by atoms with van der Waals surface area (Å²) in [5.74, 6) is -1.49. The van der Waals surface area contributed by atoms with Gasteiger partial charge in [-0.3, -0.25) is 14.4 Å². The summed E-state index contributed by atoms with van der Waals surface area (Å²) in [6, 6.07) is 5.84. The first kappa shape index (κ1) is 14.6. The molecule has 2 aromatic rings. The largest absolute Gasteiger partial charge is 0.481 e. The third kappa shape index (κ3) is 3.22. The van der Waals surface area contributed by atoms with Crippen LogP contribution in [0.2, 0.25) is 0 Å². The highest BCUT2D eigenvalue weighted by Gasteiger charge is 2.18. The Hall–Kier alpha value is -2.77. The lowest BCUT2D eigenvalue weighted by Crippen LogP contribution is -2.38. The molecule has 2 rings (SSSR count). The highest BCUT2D eigenvalue weighted by atomic mass is 16.4.